The zero-order chi connectivity index (χ0) is 17.2. The van der Waals surface area contributed by atoms with Crippen LogP contribution < -0.4 is 0 Å². The minimum Gasteiger partial charge on any atom is -0.300 e. The molecule has 0 saturated carbocycles. The SMILES string of the molecule is CCC(=O)CC.CN1C(=O)c2c(Cl)c(Cl)c(Cl)c(Cl)c2C1=O. The average molecular weight is 385 g/mol. The smallest absolute Gasteiger partial charge is 0.262 e. The molecule has 0 bridgehead atoms. The van der Waals surface area contributed by atoms with E-state index in [2.05, 4.69) is 0 Å². The zero-order valence-corrected chi connectivity index (χ0v) is 15.1. The molecule has 120 valence electrons. The Hall–Kier alpha value is -0.810. The van der Waals surface area contributed by atoms with Crippen LogP contribution in [0.3, 0.4) is 0 Å². The van der Waals surface area contributed by atoms with E-state index >= 15 is 0 Å². The summed E-state index contributed by atoms with van der Waals surface area (Å²) in [4.78, 5) is 34.5. The summed E-state index contributed by atoms with van der Waals surface area (Å²) in [6.45, 7) is 3.76. The van der Waals surface area contributed by atoms with Gasteiger partial charge in [0, 0.05) is 19.9 Å². The maximum atomic E-state index is 11.7. The molecule has 0 aliphatic carbocycles. The lowest BCUT2D eigenvalue weighted by Gasteiger charge is -2.06. The third-order valence-electron chi connectivity index (χ3n) is 3.09. The van der Waals surface area contributed by atoms with Crippen LogP contribution in [0.15, 0.2) is 0 Å². The predicted molar refractivity (Wildman–Crippen MR) is 88.5 cm³/mol. The quantitative estimate of drug-likeness (QED) is 0.413. The van der Waals surface area contributed by atoms with Crippen LogP contribution in [0.1, 0.15) is 47.4 Å². The molecule has 0 fully saturated rings. The van der Waals surface area contributed by atoms with Crippen molar-refractivity contribution in [1.29, 1.82) is 0 Å². The fraction of sp³-hybridized carbons (Fsp3) is 0.357. The first kappa shape index (κ1) is 19.2. The van der Waals surface area contributed by atoms with Crippen molar-refractivity contribution in [1.82, 2.24) is 4.90 Å². The molecule has 2 rings (SSSR count). The normalized spacial score (nSPS) is 13.0. The Balaban J connectivity index is 0.000000346. The van der Waals surface area contributed by atoms with Crippen LogP contribution in [-0.4, -0.2) is 29.5 Å². The molecule has 1 aliphatic heterocycles. The summed E-state index contributed by atoms with van der Waals surface area (Å²) in [6.07, 6.45) is 1.38. The maximum Gasteiger partial charge on any atom is 0.262 e. The fourth-order valence-corrected chi connectivity index (χ4v) is 2.73. The second-order valence-corrected chi connectivity index (χ2v) is 5.93. The number of ketones is 1. The number of amides is 2. The Labute approximate surface area is 148 Å². The molecule has 1 aliphatic rings. The molecular weight excluding hydrogens is 372 g/mol. The second-order valence-electron chi connectivity index (χ2n) is 4.42. The van der Waals surface area contributed by atoms with Crippen molar-refractivity contribution < 1.29 is 14.4 Å². The van der Waals surface area contributed by atoms with Gasteiger partial charge in [0.25, 0.3) is 11.8 Å². The van der Waals surface area contributed by atoms with Crippen molar-refractivity contribution in [2.24, 2.45) is 0 Å². The standard InChI is InChI=1S/C9H3Cl4NO2.C5H10O/c1-14-8(15)2-3(9(14)16)5(11)7(13)6(12)4(2)10;1-3-5(6)4-2/h1H3;3-4H2,1-2H3. The van der Waals surface area contributed by atoms with Crippen molar-refractivity contribution in [2.75, 3.05) is 7.05 Å². The van der Waals surface area contributed by atoms with Gasteiger partial charge in [0.05, 0.1) is 31.2 Å². The molecule has 2 amide bonds. The Kier molecular flexibility index (Phi) is 6.68. The lowest BCUT2D eigenvalue weighted by molar-refractivity contribution is -0.118. The molecule has 0 N–H and O–H groups in total. The topological polar surface area (TPSA) is 54.5 Å². The molecule has 0 aromatic heterocycles. The molecule has 0 unspecified atom stereocenters. The number of Topliss-reactive ketones (excluding diaryl/α,β-unsaturated/α-hetero) is 1. The van der Waals surface area contributed by atoms with Crippen molar-refractivity contribution in [3.05, 3.63) is 31.2 Å². The van der Waals surface area contributed by atoms with Gasteiger partial charge >= 0.3 is 0 Å². The number of benzene rings is 1. The number of carbonyl (C=O) groups is 3. The first-order chi connectivity index (χ1) is 10.2. The van der Waals surface area contributed by atoms with Crippen LogP contribution in [0.25, 0.3) is 0 Å². The van der Waals surface area contributed by atoms with E-state index < -0.39 is 11.8 Å². The van der Waals surface area contributed by atoms with Crippen LogP contribution in [-0.2, 0) is 4.79 Å². The summed E-state index contributed by atoms with van der Waals surface area (Å²) in [5, 5.41) is -0.144. The molecule has 1 aromatic carbocycles. The Morgan fingerprint density at radius 1 is 0.818 bits per heavy atom. The average Bonchev–Trinajstić information content (AvgIpc) is 2.75. The number of imide groups is 1. The van der Waals surface area contributed by atoms with Gasteiger partial charge in [0.15, 0.2) is 0 Å². The summed E-state index contributed by atoms with van der Waals surface area (Å²) in [5.41, 5.74) is 0.0159. The van der Waals surface area contributed by atoms with E-state index in [0.29, 0.717) is 18.6 Å². The molecule has 1 aromatic rings. The van der Waals surface area contributed by atoms with E-state index in [1.165, 1.54) is 7.05 Å². The van der Waals surface area contributed by atoms with Gasteiger partial charge in [-0.15, -0.1) is 0 Å². The molecule has 8 heteroatoms. The van der Waals surface area contributed by atoms with Crippen LogP contribution in [0, 0.1) is 0 Å². The minimum absolute atomic E-state index is 0.00793. The third kappa shape index (κ3) is 3.40. The number of hydrogen-bond donors (Lipinski definition) is 0. The molecule has 22 heavy (non-hydrogen) atoms. The van der Waals surface area contributed by atoms with E-state index in [-0.39, 0.29) is 31.2 Å². The van der Waals surface area contributed by atoms with Gasteiger partial charge in [-0.05, 0) is 0 Å². The van der Waals surface area contributed by atoms with Crippen molar-refractivity contribution >= 4 is 64.0 Å². The lowest BCUT2D eigenvalue weighted by atomic mass is 10.1. The monoisotopic (exact) mass is 383 g/mol. The lowest BCUT2D eigenvalue weighted by Crippen LogP contribution is -2.24. The molecule has 0 radical (unpaired) electrons. The van der Waals surface area contributed by atoms with Gasteiger partial charge in [0.2, 0.25) is 0 Å². The van der Waals surface area contributed by atoms with E-state index in [0.717, 1.165) is 4.90 Å². The van der Waals surface area contributed by atoms with E-state index in [4.69, 9.17) is 46.4 Å². The highest BCUT2D eigenvalue weighted by molar-refractivity contribution is 6.55. The van der Waals surface area contributed by atoms with Gasteiger partial charge in [-0.3, -0.25) is 19.3 Å². The van der Waals surface area contributed by atoms with Gasteiger partial charge in [-0.2, -0.15) is 0 Å². The summed E-state index contributed by atoms with van der Waals surface area (Å²) < 4.78 is 0. The van der Waals surface area contributed by atoms with Crippen LogP contribution >= 0.6 is 46.4 Å². The Morgan fingerprint density at radius 3 is 1.36 bits per heavy atom. The number of carbonyl (C=O) groups excluding carboxylic acids is 3. The summed E-state index contributed by atoms with van der Waals surface area (Å²) in [5.74, 6) is -0.731. The zero-order valence-electron chi connectivity index (χ0n) is 12.1. The summed E-state index contributed by atoms with van der Waals surface area (Å²) in [7, 11) is 1.33. The molecule has 0 atom stereocenters. The second kappa shape index (κ2) is 7.64. The van der Waals surface area contributed by atoms with Crippen molar-refractivity contribution in [3.63, 3.8) is 0 Å². The third-order valence-corrected chi connectivity index (χ3v) is 4.89. The number of halogens is 4. The molecule has 4 nitrogen and oxygen atoms in total. The number of fused-ring (bicyclic) bond motifs is 1. The Bertz CT molecular complexity index is 605. The highest BCUT2D eigenvalue weighted by atomic mass is 35.5. The Morgan fingerprint density at radius 2 is 1.14 bits per heavy atom. The van der Waals surface area contributed by atoms with E-state index in [9.17, 15) is 14.4 Å². The van der Waals surface area contributed by atoms with Crippen LogP contribution in [0.4, 0.5) is 0 Å². The molecule has 0 saturated heterocycles. The van der Waals surface area contributed by atoms with Gasteiger partial charge in [-0.1, -0.05) is 60.3 Å². The molecule has 0 spiro atoms. The van der Waals surface area contributed by atoms with E-state index in [1.54, 1.807) is 0 Å². The first-order valence-electron chi connectivity index (χ1n) is 6.38. The maximum absolute atomic E-state index is 11.7. The van der Waals surface area contributed by atoms with Crippen molar-refractivity contribution in [2.45, 2.75) is 26.7 Å². The minimum atomic E-state index is -0.537. The predicted octanol–water partition coefficient (Wildman–Crippen LogP) is 4.90. The highest BCUT2D eigenvalue weighted by Gasteiger charge is 2.39. The van der Waals surface area contributed by atoms with E-state index in [1.807, 2.05) is 13.8 Å². The number of hydrogen-bond acceptors (Lipinski definition) is 3. The molecule has 1 heterocycles. The number of nitrogens with zero attached hydrogens (tertiary/aromatic N) is 1. The van der Waals surface area contributed by atoms with Gasteiger partial charge in [0.1, 0.15) is 5.78 Å². The van der Waals surface area contributed by atoms with Crippen molar-refractivity contribution in [3.8, 4) is 0 Å². The fourth-order valence-electron chi connectivity index (χ4n) is 1.71. The van der Waals surface area contributed by atoms with Gasteiger partial charge < -0.3 is 0 Å². The van der Waals surface area contributed by atoms with Crippen LogP contribution in [0.2, 0.25) is 20.1 Å². The largest absolute Gasteiger partial charge is 0.300 e. The molecular formula is C14H13Cl4NO3. The number of rotatable bonds is 2. The first-order valence-corrected chi connectivity index (χ1v) is 7.90. The highest BCUT2D eigenvalue weighted by Crippen LogP contribution is 2.44. The van der Waals surface area contributed by atoms with Gasteiger partial charge in [-0.25, -0.2) is 0 Å². The summed E-state index contributed by atoms with van der Waals surface area (Å²) in [6, 6.07) is 0. The summed E-state index contributed by atoms with van der Waals surface area (Å²) >= 11 is 23.3. The van der Waals surface area contributed by atoms with Crippen LogP contribution in [0.5, 0.6) is 0 Å².